The van der Waals surface area contributed by atoms with Gasteiger partial charge in [-0.1, -0.05) is 35.5 Å². The minimum Gasteiger partial charge on any atom is -0.364 e. The van der Waals surface area contributed by atoms with E-state index in [-0.39, 0.29) is 37.2 Å². The Bertz CT molecular complexity index is 806. The van der Waals surface area contributed by atoms with Crippen LogP contribution in [0, 0.1) is 0 Å². The molecule has 2 aromatic rings. The molecule has 0 radical (unpaired) electrons. The molecule has 0 aliphatic carbocycles. The van der Waals surface area contributed by atoms with E-state index in [1.165, 1.54) is 16.6 Å². The van der Waals surface area contributed by atoms with Gasteiger partial charge in [0.05, 0.1) is 5.69 Å². The lowest BCUT2D eigenvalue weighted by molar-refractivity contribution is -0.133. The van der Waals surface area contributed by atoms with Gasteiger partial charge >= 0.3 is 0 Å². The number of sulfonamides is 1. The van der Waals surface area contributed by atoms with Crippen molar-refractivity contribution in [2.75, 3.05) is 26.2 Å². The van der Waals surface area contributed by atoms with Gasteiger partial charge in [-0.05, 0) is 5.56 Å². The number of piperazine rings is 1. The molecule has 1 fully saturated rings. The highest BCUT2D eigenvalue weighted by Gasteiger charge is 2.31. The molecule has 1 aliphatic rings. The Morgan fingerprint density at radius 1 is 1.15 bits per heavy atom. The number of carbonyl (C=O) groups is 1. The maximum absolute atomic E-state index is 12.5. The van der Waals surface area contributed by atoms with Gasteiger partial charge in [0.15, 0.2) is 0 Å². The van der Waals surface area contributed by atoms with Crippen molar-refractivity contribution in [3.63, 3.8) is 0 Å². The summed E-state index contributed by atoms with van der Waals surface area (Å²) in [6, 6.07) is 9.92. The standard InChI is InChI=1S/C16H20N4O4S.ClH/c17-15(13-4-2-1-3-5-13)16(21)19-7-9-20(10-8-19)25(22,23)12-14-6-11-24-18-14;/h1-6,11,15H,7-10,12,17H2;1H. The molecule has 1 amide bonds. The van der Waals surface area contributed by atoms with Gasteiger partial charge in [-0.2, -0.15) is 4.31 Å². The fraction of sp³-hybridized carbons (Fsp3) is 0.375. The summed E-state index contributed by atoms with van der Waals surface area (Å²) in [6.07, 6.45) is 1.34. The van der Waals surface area contributed by atoms with Crippen LogP contribution in [0.4, 0.5) is 0 Å². The number of hydrogen-bond donors (Lipinski definition) is 1. The summed E-state index contributed by atoms with van der Waals surface area (Å²) in [7, 11) is -3.49. The fourth-order valence-electron chi connectivity index (χ4n) is 2.78. The predicted octanol–water partition coefficient (Wildman–Crippen LogP) is 0.770. The first-order chi connectivity index (χ1) is 12.0. The first-order valence-corrected chi connectivity index (χ1v) is 9.55. The third kappa shape index (κ3) is 4.61. The molecule has 0 saturated carbocycles. The smallest absolute Gasteiger partial charge is 0.244 e. The second-order valence-electron chi connectivity index (χ2n) is 5.86. The number of hydrogen-bond acceptors (Lipinski definition) is 6. The summed E-state index contributed by atoms with van der Waals surface area (Å²) in [4.78, 5) is 14.1. The lowest BCUT2D eigenvalue weighted by atomic mass is 10.1. The monoisotopic (exact) mass is 400 g/mol. The number of nitrogens with zero attached hydrogens (tertiary/aromatic N) is 3. The van der Waals surface area contributed by atoms with Crippen LogP contribution in [0.1, 0.15) is 17.3 Å². The van der Waals surface area contributed by atoms with Gasteiger partial charge in [0.2, 0.25) is 15.9 Å². The predicted molar refractivity (Wildman–Crippen MR) is 97.9 cm³/mol. The molecular formula is C16H21ClN4O4S. The van der Waals surface area contributed by atoms with E-state index in [1.807, 2.05) is 18.2 Å². The maximum atomic E-state index is 12.5. The molecule has 1 aromatic carbocycles. The minimum absolute atomic E-state index is 0. The molecule has 2 heterocycles. The average molecular weight is 401 g/mol. The molecule has 1 saturated heterocycles. The van der Waals surface area contributed by atoms with E-state index < -0.39 is 16.1 Å². The molecule has 10 heteroatoms. The van der Waals surface area contributed by atoms with Crippen molar-refractivity contribution in [3.8, 4) is 0 Å². The van der Waals surface area contributed by atoms with Crippen LogP contribution in [0.25, 0.3) is 0 Å². The van der Waals surface area contributed by atoms with E-state index in [0.717, 1.165) is 5.56 Å². The molecule has 1 aromatic heterocycles. The lowest BCUT2D eigenvalue weighted by Crippen LogP contribution is -2.52. The van der Waals surface area contributed by atoms with E-state index in [9.17, 15) is 13.2 Å². The maximum Gasteiger partial charge on any atom is 0.244 e. The van der Waals surface area contributed by atoms with Crippen LogP contribution in [0.15, 0.2) is 47.2 Å². The van der Waals surface area contributed by atoms with Crippen molar-refractivity contribution in [1.82, 2.24) is 14.4 Å². The van der Waals surface area contributed by atoms with Crippen LogP contribution in [-0.4, -0.2) is 54.9 Å². The highest BCUT2D eigenvalue weighted by Crippen LogP contribution is 2.17. The molecule has 2 N–H and O–H groups in total. The second-order valence-corrected chi connectivity index (χ2v) is 7.83. The Morgan fingerprint density at radius 3 is 2.38 bits per heavy atom. The normalized spacial score (nSPS) is 16.7. The number of amides is 1. The van der Waals surface area contributed by atoms with Crippen molar-refractivity contribution < 1.29 is 17.7 Å². The first-order valence-electron chi connectivity index (χ1n) is 7.94. The molecule has 1 unspecified atom stereocenters. The van der Waals surface area contributed by atoms with Gasteiger partial charge in [-0.3, -0.25) is 4.79 Å². The van der Waals surface area contributed by atoms with E-state index in [0.29, 0.717) is 18.8 Å². The van der Waals surface area contributed by atoms with Gasteiger partial charge in [0.1, 0.15) is 18.1 Å². The molecule has 26 heavy (non-hydrogen) atoms. The Hall–Kier alpha value is -1.94. The summed E-state index contributed by atoms with van der Waals surface area (Å²) < 4.78 is 30.8. The lowest BCUT2D eigenvalue weighted by Gasteiger charge is -2.35. The van der Waals surface area contributed by atoms with Gasteiger partial charge in [-0.25, -0.2) is 8.42 Å². The first kappa shape index (κ1) is 20.4. The highest BCUT2D eigenvalue weighted by atomic mass is 35.5. The van der Waals surface area contributed by atoms with Crippen LogP contribution in [0.2, 0.25) is 0 Å². The van der Waals surface area contributed by atoms with Crippen LogP contribution >= 0.6 is 12.4 Å². The Balaban J connectivity index is 0.00000243. The third-order valence-electron chi connectivity index (χ3n) is 4.19. The summed E-state index contributed by atoms with van der Waals surface area (Å²) in [5, 5.41) is 3.63. The minimum atomic E-state index is -3.49. The molecule has 0 spiro atoms. The van der Waals surface area contributed by atoms with Crippen molar-refractivity contribution in [3.05, 3.63) is 53.9 Å². The molecule has 3 rings (SSSR count). The summed E-state index contributed by atoms with van der Waals surface area (Å²) in [6.45, 7) is 1.12. The van der Waals surface area contributed by atoms with Crippen molar-refractivity contribution in [2.45, 2.75) is 11.8 Å². The largest absolute Gasteiger partial charge is 0.364 e. The number of benzene rings is 1. The quantitative estimate of drug-likeness (QED) is 0.793. The van der Waals surface area contributed by atoms with E-state index in [2.05, 4.69) is 9.68 Å². The molecular weight excluding hydrogens is 380 g/mol. The van der Waals surface area contributed by atoms with Gasteiger partial charge < -0.3 is 15.2 Å². The Labute approximate surface area is 158 Å². The molecule has 142 valence electrons. The van der Waals surface area contributed by atoms with Crippen LogP contribution < -0.4 is 5.73 Å². The summed E-state index contributed by atoms with van der Waals surface area (Å²) >= 11 is 0. The van der Waals surface area contributed by atoms with Crippen LogP contribution in [0.3, 0.4) is 0 Å². The van der Waals surface area contributed by atoms with Crippen molar-refractivity contribution >= 4 is 28.3 Å². The van der Waals surface area contributed by atoms with E-state index >= 15 is 0 Å². The Morgan fingerprint density at radius 2 is 1.81 bits per heavy atom. The molecule has 8 nitrogen and oxygen atoms in total. The fourth-order valence-corrected chi connectivity index (χ4v) is 4.20. The summed E-state index contributed by atoms with van der Waals surface area (Å²) in [5.74, 6) is -0.402. The topological polar surface area (TPSA) is 110 Å². The Kier molecular flexibility index (Phi) is 6.76. The number of halogens is 1. The zero-order chi connectivity index (χ0) is 17.9. The van der Waals surface area contributed by atoms with E-state index in [1.54, 1.807) is 17.0 Å². The highest BCUT2D eigenvalue weighted by molar-refractivity contribution is 7.88. The van der Waals surface area contributed by atoms with Crippen LogP contribution in [0.5, 0.6) is 0 Å². The number of rotatable bonds is 5. The summed E-state index contributed by atoms with van der Waals surface area (Å²) in [5.41, 5.74) is 7.15. The van der Waals surface area contributed by atoms with Crippen molar-refractivity contribution in [1.29, 1.82) is 0 Å². The van der Waals surface area contributed by atoms with Crippen LogP contribution in [-0.2, 0) is 20.6 Å². The van der Waals surface area contributed by atoms with Gasteiger partial charge in [0, 0.05) is 32.2 Å². The average Bonchev–Trinajstić information content (AvgIpc) is 3.13. The second kappa shape index (κ2) is 8.63. The third-order valence-corrected chi connectivity index (χ3v) is 6.00. The van der Waals surface area contributed by atoms with Gasteiger partial charge in [-0.15, -0.1) is 12.4 Å². The van der Waals surface area contributed by atoms with Crippen molar-refractivity contribution in [2.24, 2.45) is 5.73 Å². The molecule has 1 aliphatic heterocycles. The SMILES string of the molecule is Cl.NC(C(=O)N1CCN(S(=O)(=O)Cc2ccon2)CC1)c1ccccc1. The molecule has 1 atom stereocenters. The molecule has 0 bridgehead atoms. The zero-order valence-corrected chi connectivity index (χ0v) is 15.7. The van der Waals surface area contributed by atoms with E-state index in [4.69, 9.17) is 5.73 Å². The van der Waals surface area contributed by atoms with Gasteiger partial charge in [0.25, 0.3) is 0 Å². The number of carbonyl (C=O) groups excluding carboxylic acids is 1. The number of aromatic nitrogens is 1. The number of nitrogens with two attached hydrogens (primary N) is 1. The zero-order valence-electron chi connectivity index (χ0n) is 14.0.